The lowest BCUT2D eigenvalue weighted by Crippen LogP contribution is -2.45. The summed E-state index contributed by atoms with van der Waals surface area (Å²) in [7, 11) is 0. The Hall–Kier alpha value is -0.560. The molecule has 122 valence electrons. The summed E-state index contributed by atoms with van der Waals surface area (Å²) in [4.78, 5) is 6.13. The van der Waals surface area contributed by atoms with Crippen molar-refractivity contribution in [1.82, 2.24) is 15.2 Å². The predicted octanol–water partition coefficient (Wildman–Crippen LogP) is 3.21. The van der Waals surface area contributed by atoms with E-state index in [0.717, 1.165) is 31.7 Å². The third-order valence-electron chi connectivity index (χ3n) is 3.36. The van der Waals surface area contributed by atoms with E-state index in [0.29, 0.717) is 0 Å². The average Bonchev–Trinajstić information content (AvgIpc) is 2.40. The first kappa shape index (κ1) is 20.4. The van der Waals surface area contributed by atoms with Gasteiger partial charge in [0, 0.05) is 51.0 Å². The van der Waals surface area contributed by atoms with Gasteiger partial charge in [-0.1, -0.05) is 6.07 Å². The highest BCUT2D eigenvalue weighted by molar-refractivity contribution is 5.85. The number of halogens is 5. The zero-order valence-corrected chi connectivity index (χ0v) is 13.1. The molecule has 0 aromatic carbocycles. The lowest BCUT2D eigenvalue weighted by Gasteiger charge is -2.35. The molecule has 3 nitrogen and oxygen atoms in total. The molecular formula is C13H20Cl2F3N3. The second-order valence-corrected chi connectivity index (χ2v) is 4.74. The van der Waals surface area contributed by atoms with Crippen LogP contribution in [0.15, 0.2) is 24.5 Å². The zero-order chi connectivity index (χ0) is 13.7. The van der Waals surface area contributed by atoms with Crippen LogP contribution in [0.1, 0.15) is 24.4 Å². The van der Waals surface area contributed by atoms with Gasteiger partial charge < -0.3 is 5.32 Å². The summed E-state index contributed by atoms with van der Waals surface area (Å²) in [6.07, 6.45) is -1.45. The van der Waals surface area contributed by atoms with Crippen LogP contribution < -0.4 is 5.32 Å². The Bertz CT molecular complexity index is 384. The maximum atomic E-state index is 12.5. The van der Waals surface area contributed by atoms with Crippen LogP contribution in [-0.2, 0) is 0 Å². The maximum absolute atomic E-state index is 12.5. The van der Waals surface area contributed by atoms with E-state index < -0.39 is 12.6 Å². The SMILES string of the molecule is Cl.Cl.FC(F)(F)CC[C@@H](c1cccnc1)N1CCNCC1. The molecule has 8 heteroatoms. The first-order valence-electron chi connectivity index (χ1n) is 6.48. The molecule has 1 N–H and O–H groups in total. The van der Waals surface area contributed by atoms with E-state index in [1.54, 1.807) is 18.5 Å². The smallest absolute Gasteiger partial charge is 0.314 e. The van der Waals surface area contributed by atoms with Crippen molar-refractivity contribution in [3.05, 3.63) is 30.1 Å². The molecule has 0 spiro atoms. The highest BCUT2D eigenvalue weighted by Gasteiger charge is 2.31. The summed E-state index contributed by atoms with van der Waals surface area (Å²) in [6.45, 7) is 3.19. The van der Waals surface area contributed by atoms with E-state index in [4.69, 9.17) is 0 Å². The number of nitrogens with zero attached hydrogens (tertiary/aromatic N) is 2. The highest BCUT2D eigenvalue weighted by Crippen LogP contribution is 2.31. The molecule has 1 saturated heterocycles. The van der Waals surface area contributed by atoms with Gasteiger partial charge in [0.15, 0.2) is 0 Å². The summed E-state index contributed by atoms with van der Waals surface area (Å²) in [5.41, 5.74) is 0.869. The molecule has 2 heterocycles. The van der Waals surface area contributed by atoms with Crippen LogP contribution in [0.2, 0.25) is 0 Å². The number of nitrogens with one attached hydrogen (secondary N) is 1. The van der Waals surface area contributed by atoms with Gasteiger partial charge in [-0.25, -0.2) is 0 Å². The highest BCUT2D eigenvalue weighted by atomic mass is 35.5. The van der Waals surface area contributed by atoms with Gasteiger partial charge in [0.2, 0.25) is 0 Å². The summed E-state index contributed by atoms with van der Waals surface area (Å²) >= 11 is 0. The van der Waals surface area contributed by atoms with Gasteiger partial charge in [-0.2, -0.15) is 13.2 Å². The Morgan fingerprint density at radius 2 is 1.90 bits per heavy atom. The molecule has 0 saturated carbocycles. The van der Waals surface area contributed by atoms with Crippen molar-refractivity contribution in [1.29, 1.82) is 0 Å². The van der Waals surface area contributed by atoms with E-state index >= 15 is 0 Å². The van der Waals surface area contributed by atoms with E-state index in [-0.39, 0.29) is 37.3 Å². The first-order chi connectivity index (χ1) is 9.06. The van der Waals surface area contributed by atoms with Crippen LogP contribution in [0.5, 0.6) is 0 Å². The molecule has 0 unspecified atom stereocenters. The molecule has 1 fully saturated rings. The molecule has 1 atom stereocenters. The number of aromatic nitrogens is 1. The largest absolute Gasteiger partial charge is 0.389 e. The molecule has 0 bridgehead atoms. The topological polar surface area (TPSA) is 28.2 Å². The first-order valence-corrected chi connectivity index (χ1v) is 6.48. The number of rotatable bonds is 4. The van der Waals surface area contributed by atoms with Crippen molar-refractivity contribution >= 4 is 24.8 Å². The van der Waals surface area contributed by atoms with Crippen LogP contribution in [0.3, 0.4) is 0 Å². The van der Waals surface area contributed by atoms with Crippen molar-refractivity contribution < 1.29 is 13.2 Å². The van der Waals surface area contributed by atoms with Crippen molar-refractivity contribution in [3.63, 3.8) is 0 Å². The van der Waals surface area contributed by atoms with Crippen LogP contribution in [-0.4, -0.2) is 42.2 Å². The molecular weight excluding hydrogens is 326 g/mol. The number of hydrogen-bond acceptors (Lipinski definition) is 3. The number of alkyl halides is 3. The fourth-order valence-electron chi connectivity index (χ4n) is 2.43. The third-order valence-corrected chi connectivity index (χ3v) is 3.36. The quantitative estimate of drug-likeness (QED) is 0.908. The van der Waals surface area contributed by atoms with Gasteiger partial charge in [0.1, 0.15) is 0 Å². The summed E-state index contributed by atoms with van der Waals surface area (Å²) < 4.78 is 37.4. The molecule has 2 rings (SSSR count). The number of hydrogen-bond donors (Lipinski definition) is 1. The standard InChI is InChI=1S/C13H18F3N3.2ClH/c14-13(15,16)4-3-12(11-2-1-5-18-10-11)19-8-6-17-7-9-19;;/h1-2,5,10,12,17H,3-4,6-9H2;2*1H/t12-;;/m0../s1. The van der Waals surface area contributed by atoms with Crippen LogP contribution in [0.4, 0.5) is 13.2 Å². The minimum atomic E-state index is -4.10. The van der Waals surface area contributed by atoms with Crippen molar-refractivity contribution in [2.75, 3.05) is 26.2 Å². The second-order valence-electron chi connectivity index (χ2n) is 4.74. The lowest BCUT2D eigenvalue weighted by atomic mass is 10.0. The Labute approximate surface area is 135 Å². The van der Waals surface area contributed by atoms with E-state index in [1.165, 1.54) is 0 Å². The van der Waals surface area contributed by atoms with Gasteiger partial charge in [0.25, 0.3) is 0 Å². The van der Waals surface area contributed by atoms with Crippen LogP contribution in [0, 0.1) is 0 Å². The molecule has 1 aliphatic heterocycles. The Morgan fingerprint density at radius 1 is 1.24 bits per heavy atom. The number of pyridine rings is 1. The van der Waals surface area contributed by atoms with E-state index in [1.807, 2.05) is 6.07 Å². The minimum absolute atomic E-state index is 0. The predicted molar refractivity (Wildman–Crippen MR) is 81.2 cm³/mol. The Balaban J connectivity index is 0.00000200. The zero-order valence-electron chi connectivity index (χ0n) is 11.5. The molecule has 0 amide bonds. The lowest BCUT2D eigenvalue weighted by molar-refractivity contribution is -0.138. The van der Waals surface area contributed by atoms with Gasteiger partial charge in [-0.15, -0.1) is 24.8 Å². The fraction of sp³-hybridized carbons (Fsp3) is 0.615. The van der Waals surface area contributed by atoms with Crippen molar-refractivity contribution in [2.45, 2.75) is 25.1 Å². The van der Waals surface area contributed by atoms with Gasteiger partial charge in [-0.3, -0.25) is 9.88 Å². The second kappa shape index (κ2) is 9.46. The maximum Gasteiger partial charge on any atom is 0.389 e. The Kier molecular flexibility index (Phi) is 9.20. The van der Waals surface area contributed by atoms with Crippen LogP contribution >= 0.6 is 24.8 Å². The monoisotopic (exact) mass is 345 g/mol. The molecule has 0 radical (unpaired) electrons. The minimum Gasteiger partial charge on any atom is -0.314 e. The summed E-state index contributed by atoms with van der Waals surface area (Å²) in [5, 5.41) is 3.21. The van der Waals surface area contributed by atoms with Crippen molar-refractivity contribution in [2.24, 2.45) is 0 Å². The Morgan fingerprint density at radius 3 is 2.43 bits per heavy atom. The van der Waals surface area contributed by atoms with Crippen molar-refractivity contribution in [3.8, 4) is 0 Å². The van der Waals surface area contributed by atoms with Gasteiger partial charge >= 0.3 is 6.18 Å². The van der Waals surface area contributed by atoms with Gasteiger partial charge in [0.05, 0.1) is 0 Å². The molecule has 1 aliphatic rings. The third kappa shape index (κ3) is 6.82. The summed E-state index contributed by atoms with van der Waals surface area (Å²) in [6, 6.07) is 3.44. The average molecular weight is 346 g/mol. The molecule has 0 aliphatic carbocycles. The van der Waals surface area contributed by atoms with Crippen LogP contribution in [0.25, 0.3) is 0 Å². The number of piperazine rings is 1. The molecule has 1 aromatic rings. The normalized spacial score (nSPS) is 17.5. The molecule has 21 heavy (non-hydrogen) atoms. The van der Waals surface area contributed by atoms with E-state index in [2.05, 4.69) is 15.2 Å². The molecule has 1 aromatic heterocycles. The fourth-order valence-corrected chi connectivity index (χ4v) is 2.43. The van der Waals surface area contributed by atoms with E-state index in [9.17, 15) is 13.2 Å². The summed E-state index contributed by atoms with van der Waals surface area (Å²) in [5.74, 6) is 0. The van der Waals surface area contributed by atoms with Gasteiger partial charge in [-0.05, 0) is 18.1 Å².